The molecule has 3 nitrogen and oxygen atoms in total. The van der Waals surface area contributed by atoms with Gasteiger partial charge in [-0.25, -0.2) is 0 Å². The van der Waals surface area contributed by atoms with Gasteiger partial charge >= 0.3 is 0 Å². The van der Waals surface area contributed by atoms with Crippen molar-refractivity contribution in [3.63, 3.8) is 0 Å². The van der Waals surface area contributed by atoms with Crippen LogP contribution in [0, 0.1) is 11.8 Å². The Bertz CT molecular complexity index is 627. The minimum atomic E-state index is 0.0767. The highest BCUT2D eigenvalue weighted by molar-refractivity contribution is 5.95. The maximum absolute atomic E-state index is 12.5. The highest BCUT2D eigenvalue weighted by atomic mass is 16.1. The molecule has 0 spiro atoms. The van der Waals surface area contributed by atoms with Crippen LogP contribution in [0.5, 0.6) is 0 Å². The number of amides is 1. The molecular weight excluding hydrogens is 260 g/mol. The Morgan fingerprint density at radius 1 is 1.05 bits per heavy atom. The van der Waals surface area contributed by atoms with Crippen LogP contribution in [-0.4, -0.2) is 16.5 Å². The lowest BCUT2D eigenvalue weighted by molar-refractivity contribution is 0.0926. The molecule has 2 fully saturated rings. The first-order chi connectivity index (χ1) is 10.3. The number of carbonyl (C=O) groups excluding carboxylic acids is 1. The van der Waals surface area contributed by atoms with Crippen LogP contribution in [0.25, 0.3) is 5.69 Å². The summed E-state index contributed by atoms with van der Waals surface area (Å²) >= 11 is 0. The lowest BCUT2D eigenvalue weighted by Crippen LogP contribution is -2.38. The van der Waals surface area contributed by atoms with Crippen molar-refractivity contribution < 1.29 is 4.79 Å². The van der Waals surface area contributed by atoms with E-state index in [1.807, 2.05) is 53.4 Å². The topological polar surface area (TPSA) is 34.0 Å². The zero-order chi connectivity index (χ0) is 14.2. The fourth-order valence-corrected chi connectivity index (χ4v) is 3.08. The van der Waals surface area contributed by atoms with Gasteiger partial charge in [-0.1, -0.05) is 6.07 Å². The highest BCUT2D eigenvalue weighted by Crippen LogP contribution is 2.44. The molecule has 0 saturated heterocycles. The molecule has 1 heterocycles. The standard InChI is InChI=1S/C18H20N2O/c21-18(19-17(13-6-7-13)14-8-9-14)15-4-3-5-16(12-15)20-10-1-2-11-20/h1-5,10-14,17H,6-9H2,(H,19,21). The third kappa shape index (κ3) is 2.73. The summed E-state index contributed by atoms with van der Waals surface area (Å²) in [6.45, 7) is 0. The van der Waals surface area contributed by atoms with E-state index >= 15 is 0 Å². The van der Waals surface area contributed by atoms with Gasteiger partial charge in [0.25, 0.3) is 5.91 Å². The molecule has 4 rings (SSSR count). The molecule has 108 valence electrons. The van der Waals surface area contributed by atoms with Crippen LogP contribution in [0.4, 0.5) is 0 Å². The van der Waals surface area contributed by atoms with Gasteiger partial charge in [-0.3, -0.25) is 4.79 Å². The molecule has 2 aromatic rings. The first-order valence-electron chi connectivity index (χ1n) is 7.85. The van der Waals surface area contributed by atoms with Crippen molar-refractivity contribution in [1.82, 2.24) is 9.88 Å². The van der Waals surface area contributed by atoms with Crippen LogP contribution in [0.2, 0.25) is 0 Å². The normalized spacial score (nSPS) is 18.0. The first kappa shape index (κ1) is 12.7. The minimum Gasteiger partial charge on any atom is -0.349 e. The van der Waals surface area contributed by atoms with Crippen molar-refractivity contribution in [3.05, 3.63) is 54.4 Å². The van der Waals surface area contributed by atoms with Gasteiger partial charge in [0, 0.05) is 29.7 Å². The highest BCUT2D eigenvalue weighted by Gasteiger charge is 2.42. The summed E-state index contributed by atoms with van der Waals surface area (Å²) in [4.78, 5) is 12.5. The van der Waals surface area contributed by atoms with E-state index in [0.717, 1.165) is 23.1 Å². The molecule has 1 aromatic carbocycles. The number of hydrogen-bond donors (Lipinski definition) is 1. The van der Waals surface area contributed by atoms with Crippen LogP contribution in [0.3, 0.4) is 0 Å². The summed E-state index contributed by atoms with van der Waals surface area (Å²) in [5.74, 6) is 1.54. The quantitative estimate of drug-likeness (QED) is 0.895. The van der Waals surface area contributed by atoms with E-state index < -0.39 is 0 Å². The molecule has 1 amide bonds. The number of rotatable bonds is 5. The van der Waals surface area contributed by atoms with Gasteiger partial charge in [0.15, 0.2) is 0 Å². The van der Waals surface area contributed by atoms with Gasteiger partial charge < -0.3 is 9.88 Å². The zero-order valence-corrected chi connectivity index (χ0v) is 12.0. The molecule has 3 heteroatoms. The molecular formula is C18H20N2O. The Hall–Kier alpha value is -2.03. The maximum atomic E-state index is 12.5. The zero-order valence-electron chi connectivity index (χ0n) is 12.0. The lowest BCUT2D eigenvalue weighted by atomic mass is 10.1. The molecule has 2 saturated carbocycles. The number of nitrogens with zero attached hydrogens (tertiary/aromatic N) is 1. The van der Waals surface area contributed by atoms with E-state index in [0.29, 0.717) is 6.04 Å². The number of aromatic nitrogens is 1. The van der Waals surface area contributed by atoms with Crippen LogP contribution in [0.1, 0.15) is 36.0 Å². The average Bonchev–Trinajstić information content (AvgIpc) is 3.44. The van der Waals surface area contributed by atoms with Gasteiger partial charge in [0.2, 0.25) is 0 Å². The van der Waals surface area contributed by atoms with E-state index in [2.05, 4.69) is 5.32 Å². The van der Waals surface area contributed by atoms with Crippen LogP contribution in [0.15, 0.2) is 48.8 Å². The minimum absolute atomic E-state index is 0.0767. The Morgan fingerprint density at radius 3 is 2.33 bits per heavy atom. The Labute approximate surface area is 125 Å². The number of carbonyl (C=O) groups is 1. The third-order valence-corrected chi connectivity index (χ3v) is 4.57. The van der Waals surface area contributed by atoms with E-state index in [4.69, 9.17) is 0 Å². The molecule has 1 aromatic heterocycles. The second-order valence-electron chi connectivity index (χ2n) is 6.31. The second kappa shape index (κ2) is 5.06. The first-order valence-corrected chi connectivity index (χ1v) is 7.85. The molecule has 0 bridgehead atoms. The van der Waals surface area contributed by atoms with E-state index in [1.54, 1.807) is 0 Å². The lowest BCUT2D eigenvalue weighted by Gasteiger charge is -2.18. The third-order valence-electron chi connectivity index (χ3n) is 4.57. The van der Waals surface area contributed by atoms with Gasteiger partial charge in [0.05, 0.1) is 0 Å². The van der Waals surface area contributed by atoms with Gasteiger partial charge in [-0.15, -0.1) is 0 Å². The smallest absolute Gasteiger partial charge is 0.251 e. The van der Waals surface area contributed by atoms with Crippen LogP contribution >= 0.6 is 0 Å². The number of hydrogen-bond acceptors (Lipinski definition) is 1. The monoisotopic (exact) mass is 280 g/mol. The predicted octanol–water partition coefficient (Wildman–Crippen LogP) is 3.40. The molecule has 0 atom stereocenters. The Morgan fingerprint density at radius 2 is 1.71 bits per heavy atom. The summed E-state index contributed by atoms with van der Waals surface area (Å²) in [7, 11) is 0. The summed E-state index contributed by atoms with van der Waals surface area (Å²) in [6.07, 6.45) is 9.12. The van der Waals surface area contributed by atoms with Crippen molar-refractivity contribution in [2.24, 2.45) is 11.8 Å². The summed E-state index contributed by atoms with van der Waals surface area (Å²) in [5, 5.41) is 3.28. The SMILES string of the molecule is O=C(NC(C1CC1)C1CC1)c1cccc(-n2cccc2)c1. The largest absolute Gasteiger partial charge is 0.349 e. The fourth-order valence-electron chi connectivity index (χ4n) is 3.08. The van der Waals surface area contributed by atoms with Crippen LogP contribution in [-0.2, 0) is 0 Å². The van der Waals surface area contributed by atoms with Crippen molar-refractivity contribution >= 4 is 5.91 Å². The van der Waals surface area contributed by atoms with Crippen molar-refractivity contribution in [2.45, 2.75) is 31.7 Å². The van der Waals surface area contributed by atoms with E-state index in [1.165, 1.54) is 25.7 Å². The molecule has 21 heavy (non-hydrogen) atoms. The predicted molar refractivity (Wildman–Crippen MR) is 82.5 cm³/mol. The fraction of sp³-hybridized carbons (Fsp3) is 0.389. The van der Waals surface area contributed by atoms with Gasteiger partial charge in [-0.2, -0.15) is 0 Å². The van der Waals surface area contributed by atoms with E-state index in [9.17, 15) is 4.79 Å². The molecule has 1 N–H and O–H groups in total. The molecule has 2 aliphatic rings. The molecule has 0 radical (unpaired) electrons. The Balaban J connectivity index is 1.52. The second-order valence-corrected chi connectivity index (χ2v) is 6.31. The number of nitrogens with one attached hydrogen (secondary N) is 1. The summed E-state index contributed by atoms with van der Waals surface area (Å²) in [6, 6.07) is 12.2. The summed E-state index contributed by atoms with van der Waals surface area (Å²) in [5.41, 5.74) is 1.79. The molecule has 0 aliphatic heterocycles. The van der Waals surface area contributed by atoms with Gasteiger partial charge in [0.1, 0.15) is 0 Å². The van der Waals surface area contributed by atoms with Crippen molar-refractivity contribution in [3.8, 4) is 5.69 Å². The number of benzene rings is 1. The Kier molecular flexibility index (Phi) is 3.06. The summed E-state index contributed by atoms with van der Waals surface area (Å²) < 4.78 is 2.02. The molecule has 0 unspecified atom stereocenters. The molecule has 2 aliphatic carbocycles. The van der Waals surface area contributed by atoms with E-state index in [-0.39, 0.29) is 5.91 Å². The maximum Gasteiger partial charge on any atom is 0.251 e. The van der Waals surface area contributed by atoms with Crippen molar-refractivity contribution in [1.29, 1.82) is 0 Å². The average molecular weight is 280 g/mol. The van der Waals surface area contributed by atoms with Crippen LogP contribution < -0.4 is 5.32 Å². The van der Waals surface area contributed by atoms with Crippen molar-refractivity contribution in [2.75, 3.05) is 0 Å². The van der Waals surface area contributed by atoms with Gasteiger partial charge in [-0.05, 0) is 67.9 Å².